The Morgan fingerprint density at radius 2 is 1.63 bits per heavy atom. The van der Waals surface area contributed by atoms with Crippen molar-refractivity contribution in [3.05, 3.63) is 54.6 Å². The van der Waals surface area contributed by atoms with E-state index in [4.69, 9.17) is 4.74 Å². The van der Waals surface area contributed by atoms with E-state index in [2.05, 4.69) is 4.72 Å². The summed E-state index contributed by atoms with van der Waals surface area (Å²) in [4.78, 5) is 12.4. The van der Waals surface area contributed by atoms with Crippen molar-refractivity contribution in [2.24, 2.45) is 0 Å². The lowest BCUT2D eigenvalue weighted by molar-refractivity contribution is -0.149. The molecular weight excluding hydrogens is 382 g/mol. The highest BCUT2D eigenvalue weighted by atomic mass is 32.2. The molecule has 1 atom stereocenters. The van der Waals surface area contributed by atoms with Gasteiger partial charge in [0.25, 0.3) is 0 Å². The van der Waals surface area contributed by atoms with Crippen molar-refractivity contribution in [2.45, 2.75) is 37.3 Å². The lowest BCUT2D eigenvalue weighted by Gasteiger charge is -2.19. The van der Waals surface area contributed by atoms with Crippen LogP contribution in [0.1, 0.15) is 20.3 Å². The summed E-state index contributed by atoms with van der Waals surface area (Å²) in [6.45, 7) is 3.47. The molecule has 0 radical (unpaired) electrons. The van der Waals surface area contributed by atoms with Crippen LogP contribution in [0, 0.1) is 0 Å². The maximum absolute atomic E-state index is 12.7. The van der Waals surface area contributed by atoms with E-state index >= 15 is 0 Å². The number of benzene rings is 2. The third kappa shape index (κ3) is 6.37. The number of hydrogen-bond donors (Lipinski definition) is 1. The van der Waals surface area contributed by atoms with Gasteiger partial charge in [0, 0.05) is 0 Å². The van der Waals surface area contributed by atoms with E-state index in [1.54, 1.807) is 49.9 Å². The lowest BCUT2D eigenvalue weighted by Crippen LogP contribution is -2.42. The van der Waals surface area contributed by atoms with E-state index < -0.39 is 22.0 Å². The van der Waals surface area contributed by atoms with Crippen LogP contribution in [0.3, 0.4) is 0 Å². The number of thioether (sulfide) groups is 1. The second-order valence-corrected chi connectivity index (χ2v) is 9.03. The van der Waals surface area contributed by atoms with E-state index in [1.807, 2.05) is 36.6 Å². The summed E-state index contributed by atoms with van der Waals surface area (Å²) in [6, 6.07) is 15.4. The fraction of sp³-hybridized carbons (Fsp3) is 0.350. The number of rotatable bonds is 9. The Labute approximate surface area is 165 Å². The first-order valence-electron chi connectivity index (χ1n) is 8.70. The van der Waals surface area contributed by atoms with Gasteiger partial charge in [-0.05, 0) is 55.5 Å². The van der Waals surface area contributed by atoms with Gasteiger partial charge in [-0.3, -0.25) is 4.79 Å². The highest BCUT2D eigenvalue weighted by Gasteiger charge is 2.27. The normalized spacial score (nSPS) is 12.7. The Bertz CT molecular complexity index is 834. The maximum Gasteiger partial charge on any atom is 0.324 e. The Morgan fingerprint density at radius 3 is 2.19 bits per heavy atom. The minimum absolute atomic E-state index is 0.119. The average molecular weight is 408 g/mol. The number of nitrogens with one attached hydrogen (secondary N) is 1. The average Bonchev–Trinajstić information content (AvgIpc) is 2.65. The number of ether oxygens (including phenoxy) is 1. The number of hydrogen-bond acceptors (Lipinski definition) is 5. The molecule has 0 aliphatic heterocycles. The van der Waals surface area contributed by atoms with Gasteiger partial charge in [-0.15, -0.1) is 0 Å². The molecule has 2 aromatic carbocycles. The first-order chi connectivity index (χ1) is 12.8. The quantitative estimate of drug-likeness (QED) is 0.642. The van der Waals surface area contributed by atoms with Crippen LogP contribution in [-0.2, 0) is 19.6 Å². The molecule has 0 spiro atoms. The molecule has 7 heteroatoms. The van der Waals surface area contributed by atoms with Gasteiger partial charge in [-0.25, -0.2) is 8.42 Å². The van der Waals surface area contributed by atoms with Crippen molar-refractivity contribution >= 4 is 27.8 Å². The van der Waals surface area contributed by atoms with Crippen LogP contribution in [0.2, 0.25) is 0 Å². The maximum atomic E-state index is 12.7. The summed E-state index contributed by atoms with van der Waals surface area (Å²) < 4.78 is 33.1. The summed E-state index contributed by atoms with van der Waals surface area (Å²) in [5.41, 5.74) is 1.93. The Hall–Kier alpha value is -1.83. The highest BCUT2D eigenvalue weighted by Crippen LogP contribution is 2.21. The molecule has 0 aliphatic carbocycles. The van der Waals surface area contributed by atoms with Crippen LogP contribution in [0.4, 0.5) is 0 Å². The smallest absolute Gasteiger partial charge is 0.324 e. The van der Waals surface area contributed by atoms with Crippen molar-refractivity contribution in [3.8, 4) is 11.1 Å². The molecule has 1 N–H and O–H groups in total. The number of carbonyl (C=O) groups excluding carboxylic acids is 1. The molecule has 0 bridgehead atoms. The molecule has 0 saturated heterocycles. The SMILES string of the molecule is CSCC[C@H](NS(=O)(=O)c1ccc(-c2ccccc2)cc1)C(=O)OC(C)C. The topological polar surface area (TPSA) is 72.5 Å². The Kier molecular flexibility index (Phi) is 7.89. The van der Waals surface area contributed by atoms with E-state index in [0.29, 0.717) is 12.2 Å². The molecule has 2 aromatic rings. The number of esters is 1. The lowest BCUT2D eigenvalue weighted by atomic mass is 10.1. The summed E-state index contributed by atoms with van der Waals surface area (Å²) >= 11 is 1.55. The van der Waals surface area contributed by atoms with Gasteiger partial charge in [0.05, 0.1) is 11.0 Å². The fourth-order valence-corrected chi connectivity index (χ4v) is 4.18. The van der Waals surface area contributed by atoms with Crippen LogP contribution in [-0.4, -0.2) is 38.5 Å². The predicted octanol–water partition coefficient (Wildman–Crippen LogP) is 3.71. The molecule has 0 fully saturated rings. The molecule has 0 saturated carbocycles. The summed E-state index contributed by atoms with van der Waals surface area (Å²) in [5, 5.41) is 0. The molecule has 2 rings (SSSR count). The fourth-order valence-electron chi connectivity index (χ4n) is 2.49. The largest absolute Gasteiger partial charge is 0.462 e. The summed E-state index contributed by atoms with van der Waals surface area (Å²) in [6.07, 6.45) is 1.97. The molecule has 27 heavy (non-hydrogen) atoms. The van der Waals surface area contributed by atoms with Crippen molar-refractivity contribution in [1.29, 1.82) is 0 Å². The van der Waals surface area contributed by atoms with Crippen molar-refractivity contribution in [2.75, 3.05) is 12.0 Å². The molecule has 0 aliphatic rings. The Balaban J connectivity index is 2.18. The van der Waals surface area contributed by atoms with Gasteiger partial charge in [0.2, 0.25) is 10.0 Å². The van der Waals surface area contributed by atoms with Crippen LogP contribution < -0.4 is 4.72 Å². The third-order valence-electron chi connectivity index (χ3n) is 3.82. The Morgan fingerprint density at radius 1 is 1.04 bits per heavy atom. The molecule has 0 amide bonds. The molecule has 0 heterocycles. The monoisotopic (exact) mass is 407 g/mol. The molecule has 0 unspecified atom stereocenters. The second-order valence-electron chi connectivity index (χ2n) is 6.33. The minimum Gasteiger partial charge on any atom is -0.462 e. The predicted molar refractivity (Wildman–Crippen MR) is 110 cm³/mol. The van der Waals surface area contributed by atoms with Gasteiger partial charge < -0.3 is 4.74 Å². The molecule has 146 valence electrons. The zero-order chi connectivity index (χ0) is 19.9. The zero-order valence-electron chi connectivity index (χ0n) is 15.7. The van der Waals surface area contributed by atoms with Gasteiger partial charge in [-0.2, -0.15) is 16.5 Å². The standard InChI is InChI=1S/C20H25NO4S2/c1-15(2)25-20(22)19(13-14-26-3)21-27(23,24)18-11-9-17(10-12-18)16-7-5-4-6-8-16/h4-12,15,19,21H,13-14H2,1-3H3/t19-/m0/s1. The van der Waals surface area contributed by atoms with Crippen LogP contribution >= 0.6 is 11.8 Å². The molecule has 5 nitrogen and oxygen atoms in total. The highest BCUT2D eigenvalue weighted by molar-refractivity contribution is 7.98. The van der Waals surface area contributed by atoms with E-state index in [0.717, 1.165) is 11.1 Å². The van der Waals surface area contributed by atoms with Gasteiger partial charge in [-0.1, -0.05) is 42.5 Å². The number of carbonyl (C=O) groups is 1. The first-order valence-corrected chi connectivity index (χ1v) is 11.6. The third-order valence-corrected chi connectivity index (χ3v) is 5.95. The van der Waals surface area contributed by atoms with Gasteiger partial charge in [0.1, 0.15) is 6.04 Å². The van der Waals surface area contributed by atoms with E-state index in [9.17, 15) is 13.2 Å². The molecular formula is C20H25NO4S2. The number of sulfonamides is 1. The summed E-state index contributed by atoms with van der Waals surface area (Å²) in [5.74, 6) is 0.0939. The van der Waals surface area contributed by atoms with Crippen molar-refractivity contribution < 1.29 is 17.9 Å². The molecule has 0 aromatic heterocycles. The minimum atomic E-state index is -3.83. The van der Waals surface area contributed by atoms with E-state index in [1.165, 1.54) is 0 Å². The summed E-state index contributed by atoms with van der Waals surface area (Å²) in [7, 11) is -3.83. The van der Waals surface area contributed by atoms with Crippen LogP contribution in [0.15, 0.2) is 59.5 Å². The first kappa shape index (κ1) is 21.5. The van der Waals surface area contributed by atoms with Gasteiger partial charge >= 0.3 is 5.97 Å². The van der Waals surface area contributed by atoms with Crippen LogP contribution in [0.25, 0.3) is 11.1 Å². The van der Waals surface area contributed by atoms with Crippen molar-refractivity contribution in [3.63, 3.8) is 0 Å². The van der Waals surface area contributed by atoms with Crippen molar-refractivity contribution in [1.82, 2.24) is 4.72 Å². The van der Waals surface area contributed by atoms with E-state index in [-0.39, 0.29) is 11.0 Å². The second kappa shape index (κ2) is 9.92. The zero-order valence-corrected chi connectivity index (χ0v) is 17.3. The van der Waals surface area contributed by atoms with Crippen LogP contribution in [0.5, 0.6) is 0 Å². The van der Waals surface area contributed by atoms with Gasteiger partial charge in [0.15, 0.2) is 0 Å².